The summed E-state index contributed by atoms with van der Waals surface area (Å²) in [5.41, 5.74) is 1.53. The molecule has 2 aliphatic rings. The van der Waals surface area contributed by atoms with Gasteiger partial charge in [0.05, 0.1) is 0 Å². The number of piperidine rings is 1. The average Bonchev–Trinajstić information content (AvgIpc) is 2.86. The fourth-order valence-electron chi connectivity index (χ4n) is 4.90. The summed E-state index contributed by atoms with van der Waals surface area (Å²) in [6.45, 7) is 12.3. The van der Waals surface area contributed by atoms with E-state index in [9.17, 15) is 0 Å². The molecule has 2 rings (SSSR count). The molecule has 5 heteroatoms. The maximum absolute atomic E-state index is 4.67. The van der Waals surface area contributed by atoms with Crippen LogP contribution in [0.1, 0.15) is 118 Å². The van der Waals surface area contributed by atoms with Gasteiger partial charge in [-0.1, -0.05) is 122 Å². The van der Waals surface area contributed by atoms with Gasteiger partial charge in [0.15, 0.2) is 0 Å². The minimum absolute atomic E-state index is 0.757. The van der Waals surface area contributed by atoms with E-state index in [1.807, 2.05) is 6.20 Å². The van der Waals surface area contributed by atoms with E-state index in [1.165, 1.54) is 95.5 Å². The number of allylic oxidation sites excluding steroid dienone is 2. The Morgan fingerprint density at radius 3 is 1.76 bits per heavy atom. The minimum atomic E-state index is 0.757. The Hall–Kier alpha value is 0.339. The van der Waals surface area contributed by atoms with Crippen molar-refractivity contribution in [3.05, 3.63) is 34.6 Å². The van der Waals surface area contributed by atoms with E-state index < -0.39 is 0 Å². The molecule has 0 unspecified atom stereocenters. The summed E-state index contributed by atoms with van der Waals surface area (Å²) in [6.07, 6.45) is 25.8. The van der Waals surface area contributed by atoms with E-state index in [0.29, 0.717) is 0 Å². The third kappa shape index (κ3) is 18.3. The molecule has 0 amide bonds. The molecule has 2 heterocycles. The Labute approximate surface area is 222 Å². The van der Waals surface area contributed by atoms with Gasteiger partial charge in [0.2, 0.25) is 0 Å². The van der Waals surface area contributed by atoms with E-state index in [2.05, 4.69) is 70.7 Å². The molecule has 2 nitrogen and oxygen atoms in total. The van der Waals surface area contributed by atoms with Crippen LogP contribution in [0.5, 0.6) is 0 Å². The van der Waals surface area contributed by atoms with Gasteiger partial charge in [0.25, 0.3) is 0 Å². The third-order valence-electron chi connectivity index (χ3n) is 6.93. The molecule has 0 aromatic heterocycles. The molecule has 0 bridgehead atoms. The Morgan fingerprint density at radius 2 is 1.33 bits per heavy atom. The van der Waals surface area contributed by atoms with Crippen molar-refractivity contribution in [2.45, 2.75) is 118 Å². The van der Waals surface area contributed by atoms with Gasteiger partial charge in [0, 0.05) is 0 Å². The molecular weight excluding hydrogens is 499 g/mol. The van der Waals surface area contributed by atoms with Crippen LogP contribution in [0.3, 0.4) is 0 Å². The van der Waals surface area contributed by atoms with Gasteiger partial charge in [-0.15, -0.1) is 19.6 Å². The van der Waals surface area contributed by atoms with Gasteiger partial charge >= 0.3 is 33.3 Å². The van der Waals surface area contributed by atoms with Crippen LogP contribution in [0.2, 0.25) is 0 Å². The molecule has 0 aliphatic carbocycles. The molecule has 0 spiro atoms. The Kier molecular flexibility index (Phi) is 25.7. The molecule has 33 heavy (non-hydrogen) atoms. The molecule has 0 saturated carbocycles. The van der Waals surface area contributed by atoms with Crippen molar-refractivity contribution in [2.24, 2.45) is 17.8 Å². The monoisotopic (exact) mass is 549 g/mol. The fourth-order valence-corrected chi connectivity index (χ4v) is 4.90. The zero-order valence-corrected chi connectivity index (χ0v) is 24.4. The first kappa shape index (κ1) is 33.3. The standard InChI is InChI=1S/C14H28N.C14H24N.2ClH.Cu/c2*1-3-5-7-13(8-6-4-2)14-9-11-15-12-10-14;;;/h13-14H,3-12H2,1-2H3;9-11,13H,3-8,12H2,1-2H3;2*1H;/q2*-1;;;+2/p-2. The summed E-state index contributed by atoms with van der Waals surface area (Å²) in [7, 11) is 9.34. The van der Waals surface area contributed by atoms with Crippen LogP contribution in [-0.2, 0) is 13.1 Å². The molecule has 201 valence electrons. The van der Waals surface area contributed by atoms with Gasteiger partial charge in [-0.3, -0.25) is 0 Å². The second kappa shape index (κ2) is 25.4. The van der Waals surface area contributed by atoms with Crippen molar-refractivity contribution in [3.63, 3.8) is 0 Å². The predicted octanol–water partition coefficient (Wildman–Crippen LogP) is 11.0. The van der Waals surface area contributed by atoms with E-state index in [-0.39, 0.29) is 0 Å². The molecule has 0 aromatic carbocycles. The Balaban J connectivity index is 0.000000555. The fraction of sp³-hybridized carbons (Fsp3) is 0.857. The predicted molar refractivity (Wildman–Crippen MR) is 148 cm³/mol. The van der Waals surface area contributed by atoms with Gasteiger partial charge in [-0.2, -0.15) is 6.20 Å². The van der Waals surface area contributed by atoms with Gasteiger partial charge in [-0.05, 0) is 30.6 Å². The average molecular weight is 551 g/mol. The second-order valence-corrected chi connectivity index (χ2v) is 11.0. The first-order chi connectivity index (χ1) is 16.2. The van der Waals surface area contributed by atoms with Gasteiger partial charge in [0.1, 0.15) is 0 Å². The molecule has 2 aliphatic heterocycles. The topological polar surface area (TPSA) is 28.2 Å². The van der Waals surface area contributed by atoms with E-state index in [4.69, 9.17) is 0 Å². The molecule has 0 N–H and O–H groups in total. The summed E-state index contributed by atoms with van der Waals surface area (Å²) in [5.74, 6) is 2.80. The summed E-state index contributed by atoms with van der Waals surface area (Å²) < 4.78 is 0. The summed E-state index contributed by atoms with van der Waals surface area (Å²) in [5, 5.41) is 8.68. The zero-order valence-electron chi connectivity index (χ0n) is 21.9. The van der Waals surface area contributed by atoms with Crippen molar-refractivity contribution < 1.29 is 13.1 Å². The normalized spacial score (nSPS) is 16.1. The van der Waals surface area contributed by atoms with Gasteiger partial charge in [-0.25, -0.2) is 0 Å². The number of hydrogen-bond donors (Lipinski definition) is 0. The van der Waals surface area contributed by atoms with Crippen molar-refractivity contribution in [1.29, 1.82) is 0 Å². The number of rotatable bonds is 14. The SMILES string of the molecule is CCCCC(CCCC)C1=CC[N-]C=C1.CCCCC(CCCC)C1CC[N-]CC1.[Cl][Cu][Cl]. The zero-order chi connectivity index (χ0) is 24.6. The number of halogens is 2. The van der Waals surface area contributed by atoms with E-state index in [0.717, 1.165) is 50.5 Å². The number of nitrogens with zero attached hydrogens (tertiary/aromatic N) is 2. The second-order valence-electron chi connectivity index (χ2n) is 9.46. The van der Waals surface area contributed by atoms with Crippen LogP contribution >= 0.6 is 20.2 Å². The maximum atomic E-state index is 4.67. The Bertz CT molecular complexity index is 449. The third-order valence-corrected chi connectivity index (χ3v) is 6.93. The molecule has 0 radical (unpaired) electrons. The Morgan fingerprint density at radius 1 is 0.848 bits per heavy atom. The van der Waals surface area contributed by atoms with E-state index in [1.54, 1.807) is 0 Å². The van der Waals surface area contributed by atoms with Crippen molar-refractivity contribution in [3.8, 4) is 0 Å². The van der Waals surface area contributed by atoms with Crippen LogP contribution in [0.4, 0.5) is 0 Å². The number of unbranched alkanes of at least 4 members (excludes halogenated alkanes) is 4. The summed E-state index contributed by atoms with van der Waals surface area (Å²) in [4.78, 5) is 0. The van der Waals surface area contributed by atoms with Gasteiger partial charge < -0.3 is 10.6 Å². The first-order valence-corrected chi connectivity index (χ1v) is 16.2. The van der Waals surface area contributed by atoms with Crippen molar-refractivity contribution in [1.82, 2.24) is 0 Å². The van der Waals surface area contributed by atoms with Crippen LogP contribution in [0.15, 0.2) is 23.9 Å². The molecule has 1 fully saturated rings. The van der Waals surface area contributed by atoms with E-state index >= 15 is 0 Å². The first-order valence-electron chi connectivity index (χ1n) is 13.7. The van der Waals surface area contributed by atoms with Crippen molar-refractivity contribution >= 4 is 20.2 Å². The van der Waals surface area contributed by atoms with Crippen LogP contribution in [0.25, 0.3) is 10.6 Å². The van der Waals surface area contributed by atoms with Crippen LogP contribution < -0.4 is 0 Å². The van der Waals surface area contributed by atoms with Crippen molar-refractivity contribution in [2.75, 3.05) is 19.6 Å². The number of hydrogen-bond acceptors (Lipinski definition) is 0. The molecule has 0 atom stereocenters. The molecule has 1 saturated heterocycles. The van der Waals surface area contributed by atoms with Crippen LogP contribution in [0, 0.1) is 17.8 Å². The van der Waals surface area contributed by atoms with Crippen LogP contribution in [-0.4, -0.2) is 19.6 Å². The quantitative estimate of drug-likeness (QED) is 0.192. The summed E-state index contributed by atoms with van der Waals surface area (Å²) in [6, 6.07) is 0. The summed E-state index contributed by atoms with van der Waals surface area (Å²) >= 11 is 0.757. The molecule has 0 aromatic rings. The molecular formula is C28H52Cl2CuN2-2.